The number of amides is 1. The van der Waals surface area contributed by atoms with Gasteiger partial charge in [0.25, 0.3) is 5.69 Å². The average Bonchev–Trinajstić information content (AvgIpc) is 3.33. The number of piperazine rings is 1. The first-order valence-corrected chi connectivity index (χ1v) is 12.4. The highest BCUT2D eigenvalue weighted by atomic mass is 19.4. The Morgan fingerprint density at radius 3 is 2.57 bits per heavy atom. The van der Waals surface area contributed by atoms with Crippen molar-refractivity contribution in [1.82, 2.24) is 14.8 Å². The molecule has 37 heavy (non-hydrogen) atoms. The Hall–Kier alpha value is -3.41. The smallest absolute Gasteiger partial charge is 0.380 e. The SMILES string of the molecule is Cc1ccc(N2CCN(CCCC(=O)N3CC[C@@H](Nc4ccc([N+](=O)[O-])c(C(F)(F)F)c4)C3)CC2)cn1. The van der Waals surface area contributed by atoms with Crippen molar-refractivity contribution in [3.8, 4) is 0 Å². The molecule has 1 atom stereocenters. The van der Waals surface area contributed by atoms with Crippen molar-refractivity contribution in [2.75, 3.05) is 56.0 Å². The fourth-order valence-corrected chi connectivity index (χ4v) is 4.84. The summed E-state index contributed by atoms with van der Waals surface area (Å²) in [6.07, 6.45) is -1.16. The monoisotopic (exact) mass is 520 g/mol. The van der Waals surface area contributed by atoms with Gasteiger partial charge in [0.05, 0.1) is 16.8 Å². The van der Waals surface area contributed by atoms with Gasteiger partial charge >= 0.3 is 6.18 Å². The molecule has 2 saturated heterocycles. The third kappa shape index (κ3) is 6.88. The highest BCUT2D eigenvalue weighted by Crippen LogP contribution is 2.37. The quantitative estimate of drug-likeness (QED) is 0.416. The molecule has 1 aromatic carbocycles. The molecule has 200 valence electrons. The molecule has 2 aromatic rings. The van der Waals surface area contributed by atoms with Crippen LogP contribution in [0.3, 0.4) is 0 Å². The van der Waals surface area contributed by atoms with Crippen LogP contribution in [0, 0.1) is 17.0 Å². The van der Waals surface area contributed by atoms with Gasteiger partial charge in [0.2, 0.25) is 5.91 Å². The van der Waals surface area contributed by atoms with Crippen LogP contribution in [0.15, 0.2) is 36.5 Å². The van der Waals surface area contributed by atoms with E-state index in [4.69, 9.17) is 0 Å². The number of likely N-dealkylation sites (tertiary alicyclic amines) is 1. The van der Waals surface area contributed by atoms with Crippen molar-refractivity contribution in [2.24, 2.45) is 0 Å². The summed E-state index contributed by atoms with van der Waals surface area (Å²) in [4.78, 5) is 33.4. The highest BCUT2D eigenvalue weighted by molar-refractivity contribution is 5.76. The van der Waals surface area contributed by atoms with Gasteiger partial charge in [-0.15, -0.1) is 0 Å². The lowest BCUT2D eigenvalue weighted by Gasteiger charge is -2.36. The van der Waals surface area contributed by atoms with Crippen LogP contribution in [-0.2, 0) is 11.0 Å². The Bertz CT molecular complexity index is 1100. The van der Waals surface area contributed by atoms with Gasteiger partial charge in [0, 0.05) is 69.2 Å². The van der Waals surface area contributed by atoms with E-state index in [1.807, 2.05) is 19.2 Å². The summed E-state index contributed by atoms with van der Waals surface area (Å²) in [7, 11) is 0. The summed E-state index contributed by atoms with van der Waals surface area (Å²) in [6, 6.07) is 6.78. The maximum Gasteiger partial charge on any atom is 0.423 e. The van der Waals surface area contributed by atoms with E-state index in [9.17, 15) is 28.1 Å². The van der Waals surface area contributed by atoms with E-state index in [0.717, 1.165) is 62.7 Å². The Morgan fingerprint density at radius 2 is 1.92 bits per heavy atom. The van der Waals surface area contributed by atoms with Gasteiger partial charge in [-0.25, -0.2) is 0 Å². The lowest BCUT2D eigenvalue weighted by Crippen LogP contribution is -2.46. The number of halogens is 3. The first kappa shape index (κ1) is 26.6. The first-order valence-electron chi connectivity index (χ1n) is 12.4. The molecule has 0 bridgehead atoms. The van der Waals surface area contributed by atoms with E-state index in [2.05, 4.69) is 26.2 Å². The van der Waals surface area contributed by atoms with Crippen LogP contribution in [0.2, 0.25) is 0 Å². The number of nitrogens with one attached hydrogen (secondary N) is 1. The molecule has 2 fully saturated rings. The molecule has 0 spiro atoms. The normalized spacial score (nSPS) is 18.8. The number of hydrogen-bond acceptors (Lipinski definition) is 7. The van der Waals surface area contributed by atoms with Crippen LogP contribution in [0.25, 0.3) is 0 Å². The summed E-state index contributed by atoms with van der Waals surface area (Å²) in [6.45, 7) is 7.39. The van der Waals surface area contributed by atoms with Crippen LogP contribution < -0.4 is 10.2 Å². The summed E-state index contributed by atoms with van der Waals surface area (Å²) < 4.78 is 39.7. The van der Waals surface area contributed by atoms with E-state index in [0.29, 0.717) is 25.9 Å². The Kier molecular flexibility index (Phi) is 8.16. The molecule has 9 nitrogen and oxygen atoms in total. The molecule has 4 rings (SSSR count). The maximum absolute atomic E-state index is 13.2. The van der Waals surface area contributed by atoms with Crippen LogP contribution in [0.4, 0.5) is 30.2 Å². The molecular weight excluding hydrogens is 489 g/mol. The second-order valence-corrected chi connectivity index (χ2v) is 9.55. The van der Waals surface area contributed by atoms with E-state index in [1.165, 1.54) is 6.07 Å². The fraction of sp³-hybridized carbons (Fsp3) is 0.520. The van der Waals surface area contributed by atoms with Crippen molar-refractivity contribution in [1.29, 1.82) is 0 Å². The summed E-state index contributed by atoms with van der Waals surface area (Å²) >= 11 is 0. The summed E-state index contributed by atoms with van der Waals surface area (Å²) in [5.41, 5.74) is 0.00695. The third-order valence-corrected chi connectivity index (χ3v) is 6.91. The molecule has 2 aliphatic rings. The van der Waals surface area contributed by atoms with E-state index >= 15 is 0 Å². The van der Waals surface area contributed by atoms with Crippen molar-refractivity contribution >= 4 is 23.0 Å². The summed E-state index contributed by atoms with van der Waals surface area (Å²) in [5.74, 6) is 0.0355. The van der Waals surface area contributed by atoms with Gasteiger partial charge in [0.15, 0.2) is 0 Å². The minimum absolute atomic E-state index is 0.0355. The molecule has 0 aliphatic carbocycles. The van der Waals surface area contributed by atoms with Crippen molar-refractivity contribution < 1.29 is 22.9 Å². The van der Waals surface area contributed by atoms with Gasteiger partial charge in [-0.2, -0.15) is 13.2 Å². The minimum Gasteiger partial charge on any atom is -0.380 e. The second-order valence-electron chi connectivity index (χ2n) is 9.55. The molecule has 1 amide bonds. The second kappa shape index (κ2) is 11.3. The molecule has 0 unspecified atom stereocenters. The standard InChI is InChI=1S/C25H31F3N6O3/c1-18-4-6-21(16-29-18)32-13-11-31(12-14-32)9-2-3-24(35)33-10-8-20(17-33)30-19-5-7-23(34(36)37)22(15-19)25(26,27)28/h4-7,15-16,20,30H,2-3,8-14,17H2,1H3/t20-/m1/s1. The number of nitro benzene ring substituents is 1. The molecule has 1 aromatic heterocycles. The van der Waals surface area contributed by atoms with Gasteiger partial charge in [-0.1, -0.05) is 0 Å². The van der Waals surface area contributed by atoms with Crippen molar-refractivity contribution in [3.05, 3.63) is 57.9 Å². The van der Waals surface area contributed by atoms with E-state index < -0.39 is 22.4 Å². The van der Waals surface area contributed by atoms with Gasteiger partial charge in [-0.3, -0.25) is 24.8 Å². The predicted octanol–water partition coefficient (Wildman–Crippen LogP) is 3.93. The average molecular weight is 521 g/mol. The molecule has 0 radical (unpaired) electrons. The lowest BCUT2D eigenvalue weighted by atomic mass is 10.1. The number of nitro groups is 1. The molecule has 3 heterocycles. The molecule has 12 heteroatoms. The van der Waals surface area contributed by atoms with Crippen LogP contribution >= 0.6 is 0 Å². The van der Waals surface area contributed by atoms with Crippen LogP contribution in [0.1, 0.15) is 30.5 Å². The number of nitrogens with zero attached hydrogens (tertiary/aromatic N) is 5. The zero-order chi connectivity index (χ0) is 26.6. The van der Waals surface area contributed by atoms with Gasteiger partial charge in [-0.05, 0) is 50.6 Å². The Labute approximate surface area is 213 Å². The van der Waals surface area contributed by atoms with E-state index in [-0.39, 0.29) is 17.6 Å². The zero-order valence-electron chi connectivity index (χ0n) is 20.7. The number of aromatic nitrogens is 1. The third-order valence-electron chi connectivity index (χ3n) is 6.91. The van der Waals surface area contributed by atoms with Crippen LogP contribution in [-0.4, -0.2) is 77.5 Å². The number of carbonyl (C=O) groups excluding carboxylic acids is 1. The fourth-order valence-electron chi connectivity index (χ4n) is 4.84. The molecule has 0 saturated carbocycles. The predicted molar refractivity (Wildman–Crippen MR) is 134 cm³/mol. The van der Waals surface area contributed by atoms with E-state index in [1.54, 1.807) is 4.90 Å². The number of pyridine rings is 1. The molecule has 1 N–H and O–H groups in total. The highest BCUT2D eigenvalue weighted by Gasteiger charge is 2.38. The molecule has 2 aliphatic heterocycles. The number of alkyl halides is 3. The van der Waals surface area contributed by atoms with Gasteiger partial charge < -0.3 is 15.1 Å². The topological polar surface area (TPSA) is 94.8 Å². The number of hydrogen-bond donors (Lipinski definition) is 1. The first-order chi connectivity index (χ1) is 17.6. The number of benzene rings is 1. The van der Waals surface area contributed by atoms with Gasteiger partial charge in [0.1, 0.15) is 5.56 Å². The van der Waals surface area contributed by atoms with Crippen molar-refractivity contribution in [2.45, 2.75) is 38.4 Å². The number of aryl methyl sites for hydroxylation is 1. The maximum atomic E-state index is 13.2. The molecular formula is C25H31F3N6O3. The Balaban J connectivity index is 1.19. The number of carbonyl (C=O) groups is 1. The summed E-state index contributed by atoms with van der Waals surface area (Å²) in [5, 5.41) is 13.9. The zero-order valence-corrected chi connectivity index (χ0v) is 20.7. The lowest BCUT2D eigenvalue weighted by molar-refractivity contribution is -0.388. The van der Waals surface area contributed by atoms with Crippen LogP contribution in [0.5, 0.6) is 0 Å². The number of anilines is 2. The Morgan fingerprint density at radius 1 is 1.16 bits per heavy atom. The van der Waals surface area contributed by atoms with Crippen molar-refractivity contribution in [3.63, 3.8) is 0 Å². The minimum atomic E-state index is -4.83. The largest absolute Gasteiger partial charge is 0.423 e. The number of rotatable bonds is 8.